The zero-order valence-corrected chi connectivity index (χ0v) is 8.49. The van der Waals surface area contributed by atoms with Gasteiger partial charge in [-0.05, 0) is 6.92 Å². The van der Waals surface area contributed by atoms with Gasteiger partial charge in [0.2, 0.25) is 3.79 Å². The highest BCUT2D eigenvalue weighted by Crippen LogP contribution is 2.46. The minimum Gasteiger partial charge on any atom is -0.343 e. The van der Waals surface area contributed by atoms with Crippen molar-refractivity contribution in [3.63, 3.8) is 0 Å². The van der Waals surface area contributed by atoms with E-state index in [-0.39, 0.29) is 6.61 Å². The van der Waals surface area contributed by atoms with Crippen molar-refractivity contribution in [2.24, 2.45) is 0 Å². The zero-order valence-electron chi connectivity index (χ0n) is 4.71. The van der Waals surface area contributed by atoms with Crippen LogP contribution < -0.4 is 0 Å². The number of rotatable bonds is 2. The maximum Gasteiger partial charge on any atom is 0.265 e. The van der Waals surface area contributed by atoms with Crippen LogP contribution in [0.4, 0.5) is 0 Å². The van der Waals surface area contributed by atoms with Crippen LogP contribution in [0.5, 0.6) is 0 Å². The Kier molecular flexibility index (Phi) is 4.43. The van der Waals surface area contributed by atoms with E-state index in [1.54, 1.807) is 0 Å². The highest BCUT2D eigenvalue weighted by molar-refractivity contribution is 6.75. The van der Waals surface area contributed by atoms with E-state index in [1.807, 2.05) is 0 Å². The Labute approximate surface area is 84.5 Å². The van der Waals surface area contributed by atoms with Crippen LogP contribution in [0.2, 0.25) is 0 Å². The highest BCUT2D eigenvalue weighted by Gasteiger charge is 2.46. The van der Waals surface area contributed by atoms with Crippen LogP contribution in [-0.2, 0) is 4.74 Å². The molecule has 0 aromatic carbocycles. The number of alkyl halides is 5. The van der Waals surface area contributed by atoms with Crippen molar-refractivity contribution in [1.82, 2.24) is 0 Å². The molecule has 1 nitrogen and oxygen atoms in total. The van der Waals surface area contributed by atoms with Crippen molar-refractivity contribution in [1.29, 1.82) is 0 Å². The molecule has 0 aromatic heterocycles. The maximum absolute atomic E-state index is 5.42. The summed E-state index contributed by atoms with van der Waals surface area (Å²) in [6.07, 6.45) is 0. The Morgan fingerprint density at radius 1 is 1.10 bits per heavy atom. The third-order valence-corrected chi connectivity index (χ3v) is 2.78. The fourth-order valence-corrected chi connectivity index (χ4v) is 0.528. The summed E-state index contributed by atoms with van der Waals surface area (Å²) >= 11 is 26.8. The van der Waals surface area contributed by atoms with E-state index in [9.17, 15) is 0 Å². The maximum atomic E-state index is 5.42. The van der Waals surface area contributed by atoms with Gasteiger partial charge in [-0.2, -0.15) is 0 Å². The summed E-state index contributed by atoms with van der Waals surface area (Å²) in [5.41, 5.74) is 0. The smallest absolute Gasteiger partial charge is 0.265 e. The number of halogens is 5. The molecule has 0 aromatic rings. The first kappa shape index (κ1) is 11.4. The van der Waals surface area contributed by atoms with Gasteiger partial charge in [-0.3, -0.25) is 0 Å². The van der Waals surface area contributed by atoms with Crippen LogP contribution in [0.3, 0.4) is 0 Å². The lowest BCUT2D eigenvalue weighted by Crippen LogP contribution is -2.34. The van der Waals surface area contributed by atoms with Crippen LogP contribution in [-0.4, -0.2) is 14.9 Å². The summed E-state index contributed by atoms with van der Waals surface area (Å²) in [6.45, 7) is 3.35. The van der Waals surface area contributed by atoms with E-state index >= 15 is 0 Å². The fourth-order valence-electron chi connectivity index (χ4n) is 0.210. The van der Waals surface area contributed by atoms with Gasteiger partial charge >= 0.3 is 0 Å². The largest absolute Gasteiger partial charge is 0.343 e. The van der Waals surface area contributed by atoms with Gasteiger partial charge < -0.3 is 4.74 Å². The van der Waals surface area contributed by atoms with Gasteiger partial charge in [-0.15, -0.1) is 0 Å². The number of ether oxygens (including phenoxy) is 1. The molecule has 61 valence electrons. The molecule has 0 N–H and O–H groups in total. The molecule has 0 saturated heterocycles. The molecular weight excluding hydrogens is 241 g/mol. The summed E-state index contributed by atoms with van der Waals surface area (Å²) in [7, 11) is 0. The lowest BCUT2D eigenvalue weighted by atomic mass is 10.7. The van der Waals surface area contributed by atoms with E-state index < -0.39 is 8.31 Å². The summed E-state index contributed by atoms with van der Waals surface area (Å²) in [5.74, 6) is 0. The van der Waals surface area contributed by atoms with Gasteiger partial charge in [0.15, 0.2) is 0 Å². The molecule has 0 unspecified atom stereocenters. The summed E-state index contributed by atoms with van der Waals surface area (Å²) < 4.78 is 0.916. The first-order valence-electron chi connectivity index (χ1n) is 2.19. The zero-order chi connectivity index (χ0) is 8.41. The van der Waals surface area contributed by atoms with E-state index in [0.29, 0.717) is 0 Å². The first-order valence-corrected chi connectivity index (χ1v) is 4.08. The molecule has 0 aliphatic carbocycles. The molecule has 1 radical (unpaired) electrons. The van der Waals surface area contributed by atoms with Gasteiger partial charge in [-0.25, -0.2) is 0 Å². The molecule has 0 spiro atoms. The van der Waals surface area contributed by atoms with Gasteiger partial charge in [0.05, 0.1) is 6.61 Å². The Morgan fingerprint density at radius 3 is 1.60 bits per heavy atom. The predicted octanol–water partition coefficient (Wildman–Crippen LogP) is 3.34. The molecule has 6 heteroatoms. The normalized spacial score (nSPS) is 13.8. The molecule has 0 amide bonds. The third-order valence-electron chi connectivity index (χ3n) is 0.613. The second-order valence-electron chi connectivity index (χ2n) is 1.36. The van der Waals surface area contributed by atoms with Crippen molar-refractivity contribution in [2.45, 2.75) is 8.31 Å². The Bertz CT molecular complexity index is 107. The topological polar surface area (TPSA) is 9.23 Å². The van der Waals surface area contributed by atoms with E-state index in [4.69, 9.17) is 58.0 Å². The van der Waals surface area contributed by atoms with Crippen molar-refractivity contribution < 1.29 is 4.74 Å². The molecule has 0 heterocycles. The van der Waals surface area contributed by atoms with Crippen molar-refractivity contribution in [3.05, 3.63) is 6.92 Å². The second kappa shape index (κ2) is 3.88. The SMILES string of the molecule is [CH2]COC(Cl)(Cl)C(Cl)(Cl)Cl. The lowest BCUT2D eigenvalue weighted by Gasteiger charge is -2.26. The summed E-state index contributed by atoms with van der Waals surface area (Å²) in [6, 6.07) is 0. The van der Waals surface area contributed by atoms with Crippen molar-refractivity contribution in [2.75, 3.05) is 6.61 Å². The Balaban J connectivity index is 4.10. The molecule has 0 fully saturated rings. The molecule has 0 bridgehead atoms. The second-order valence-corrected chi connectivity index (χ2v) is 4.90. The minimum absolute atomic E-state index is 0.0287. The number of hydrogen-bond donors (Lipinski definition) is 0. The Morgan fingerprint density at radius 2 is 1.50 bits per heavy atom. The minimum atomic E-state index is -1.87. The lowest BCUT2D eigenvalue weighted by molar-refractivity contribution is 0.103. The summed E-state index contributed by atoms with van der Waals surface area (Å²) in [5, 5.41) is 0. The van der Waals surface area contributed by atoms with Gasteiger partial charge in [0.25, 0.3) is 4.52 Å². The van der Waals surface area contributed by atoms with Crippen molar-refractivity contribution in [3.8, 4) is 0 Å². The molecule has 0 aliphatic rings. The van der Waals surface area contributed by atoms with Crippen LogP contribution in [0.25, 0.3) is 0 Å². The summed E-state index contributed by atoms with van der Waals surface area (Å²) in [4.78, 5) is 0. The number of hydrogen-bond acceptors (Lipinski definition) is 1. The molecule has 10 heavy (non-hydrogen) atoms. The van der Waals surface area contributed by atoms with Crippen molar-refractivity contribution >= 4 is 58.0 Å². The third kappa shape index (κ3) is 3.21. The first-order chi connectivity index (χ1) is 4.31. The van der Waals surface area contributed by atoms with Gasteiger partial charge in [0, 0.05) is 0 Å². The van der Waals surface area contributed by atoms with Crippen LogP contribution in [0.1, 0.15) is 0 Å². The monoisotopic (exact) mass is 243 g/mol. The van der Waals surface area contributed by atoms with E-state index in [1.165, 1.54) is 0 Å². The molecule has 0 atom stereocenters. The highest BCUT2D eigenvalue weighted by atomic mass is 35.6. The quantitative estimate of drug-likeness (QED) is 0.678. The average molecular weight is 245 g/mol. The van der Waals surface area contributed by atoms with E-state index in [2.05, 4.69) is 11.7 Å². The van der Waals surface area contributed by atoms with Gasteiger partial charge in [-0.1, -0.05) is 58.0 Å². The van der Waals surface area contributed by atoms with Crippen LogP contribution in [0.15, 0.2) is 0 Å². The van der Waals surface area contributed by atoms with Crippen LogP contribution >= 0.6 is 58.0 Å². The average Bonchev–Trinajstić information content (AvgIpc) is 1.61. The van der Waals surface area contributed by atoms with Gasteiger partial charge in [0.1, 0.15) is 0 Å². The predicted molar refractivity (Wildman–Crippen MR) is 46.0 cm³/mol. The molecular formula is C4H4Cl5O. The van der Waals surface area contributed by atoms with E-state index in [0.717, 1.165) is 0 Å². The Hall–Kier alpha value is 1.41. The fraction of sp³-hybridized carbons (Fsp3) is 0.750. The molecule has 0 saturated carbocycles. The van der Waals surface area contributed by atoms with Crippen LogP contribution in [0, 0.1) is 6.92 Å². The molecule has 0 aliphatic heterocycles. The molecule has 0 rings (SSSR count). The standard InChI is InChI=1S/C4H4Cl5O/c1-2-10-4(8,9)3(5,6)7/h1-2H2.